The molecule has 0 bridgehead atoms. The number of esters is 1. The first kappa shape index (κ1) is 12.1. The molecule has 5 heteroatoms. The third-order valence-corrected chi connectivity index (χ3v) is 1.55. The van der Waals surface area contributed by atoms with Gasteiger partial charge in [-0.3, -0.25) is 9.59 Å². The highest BCUT2D eigenvalue weighted by Crippen LogP contribution is 2.07. The summed E-state index contributed by atoms with van der Waals surface area (Å²) in [6.45, 7) is 2.27. The lowest BCUT2D eigenvalue weighted by molar-refractivity contribution is -0.156. The zero-order valence-corrected chi connectivity index (χ0v) is 7.69. The van der Waals surface area contributed by atoms with Crippen LogP contribution in [-0.4, -0.2) is 41.3 Å². The molecule has 2 atom stereocenters. The third-order valence-electron chi connectivity index (χ3n) is 1.55. The van der Waals surface area contributed by atoms with Crippen molar-refractivity contribution in [3.8, 4) is 0 Å². The fourth-order valence-corrected chi connectivity index (χ4v) is 0.931. The molecule has 0 saturated carbocycles. The first-order chi connectivity index (χ1) is 6.04. The number of aliphatic hydroxyl groups is 2. The number of hydrogen-bond acceptors (Lipinski definition) is 5. The molecule has 0 fully saturated rings. The Hall–Kier alpha value is -0.940. The average molecular weight is 190 g/mol. The van der Waals surface area contributed by atoms with Crippen molar-refractivity contribution >= 4 is 11.8 Å². The minimum absolute atomic E-state index is 0.140. The summed E-state index contributed by atoms with van der Waals surface area (Å²) in [7, 11) is 0. The summed E-state index contributed by atoms with van der Waals surface area (Å²) in [5, 5.41) is 17.7. The topological polar surface area (TPSA) is 83.8 Å². The summed E-state index contributed by atoms with van der Waals surface area (Å²) in [4.78, 5) is 22.0. The molecule has 2 N–H and O–H groups in total. The van der Waals surface area contributed by atoms with Crippen LogP contribution in [0.2, 0.25) is 0 Å². The van der Waals surface area contributed by atoms with Crippen LogP contribution in [0.25, 0.3) is 0 Å². The van der Waals surface area contributed by atoms with Gasteiger partial charge in [-0.25, -0.2) is 0 Å². The second-order valence-corrected chi connectivity index (χ2v) is 2.59. The van der Waals surface area contributed by atoms with E-state index in [9.17, 15) is 9.59 Å². The lowest BCUT2D eigenvalue weighted by atomic mass is 9.99. The van der Waals surface area contributed by atoms with Crippen molar-refractivity contribution in [1.82, 2.24) is 0 Å². The molecule has 0 radical (unpaired) electrons. The number of hydrogen-bond donors (Lipinski definition) is 2. The lowest BCUT2D eigenvalue weighted by Gasteiger charge is -2.16. The highest BCUT2D eigenvalue weighted by atomic mass is 16.5. The van der Waals surface area contributed by atoms with Gasteiger partial charge in [0.15, 0.2) is 0 Å². The van der Waals surface area contributed by atoms with Crippen molar-refractivity contribution in [1.29, 1.82) is 0 Å². The minimum atomic E-state index is -1.38. The normalized spacial score (nSPS) is 14.8. The molecule has 76 valence electrons. The van der Waals surface area contributed by atoms with Crippen LogP contribution in [0.4, 0.5) is 0 Å². The SMILES string of the molecule is CCOC(=O)C(C(C)=O)C(O)CO. The van der Waals surface area contributed by atoms with Crippen LogP contribution in [0.3, 0.4) is 0 Å². The molecular weight excluding hydrogens is 176 g/mol. The van der Waals surface area contributed by atoms with Crippen LogP contribution in [0.5, 0.6) is 0 Å². The van der Waals surface area contributed by atoms with E-state index in [0.717, 1.165) is 0 Å². The van der Waals surface area contributed by atoms with Crippen molar-refractivity contribution in [2.24, 2.45) is 5.92 Å². The molecular formula is C8H14O5. The smallest absolute Gasteiger partial charge is 0.319 e. The Kier molecular flexibility index (Phi) is 5.25. The summed E-state index contributed by atoms with van der Waals surface area (Å²) in [6.07, 6.45) is -1.38. The van der Waals surface area contributed by atoms with E-state index in [1.54, 1.807) is 6.92 Å². The standard InChI is InChI=1S/C8H14O5/c1-3-13-8(12)7(5(2)10)6(11)4-9/h6-7,9,11H,3-4H2,1-2H3. The zero-order valence-electron chi connectivity index (χ0n) is 7.69. The van der Waals surface area contributed by atoms with Gasteiger partial charge in [0.1, 0.15) is 11.7 Å². The Bertz CT molecular complexity index is 189. The average Bonchev–Trinajstić information content (AvgIpc) is 2.04. The quantitative estimate of drug-likeness (QED) is 0.434. The highest BCUT2D eigenvalue weighted by Gasteiger charge is 2.31. The zero-order chi connectivity index (χ0) is 10.4. The monoisotopic (exact) mass is 190 g/mol. The molecule has 0 saturated heterocycles. The molecule has 0 aliphatic heterocycles. The molecule has 0 aromatic carbocycles. The fraction of sp³-hybridized carbons (Fsp3) is 0.750. The van der Waals surface area contributed by atoms with Gasteiger partial charge < -0.3 is 14.9 Å². The molecule has 0 aromatic heterocycles. The summed E-state index contributed by atoms with van der Waals surface area (Å²) >= 11 is 0. The Labute approximate surface area is 76.3 Å². The summed E-state index contributed by atoms with van der Waals surface area (Å²) in [6, 6.07) is 0. The molecule has 0 rings (SSSR count). The largest absolute Gasteiger partial charge is 0.465 e. The van der Waals surface area contributed by atoms with Crippen molar-refractivity contribution in [3.63, 3.8) is 0 Å². The van der Waals surface area contributed by atoms with E-state index in [1.165, 1.54) is 6.92 Å². The fourth-order valence-electron chi connectivity index (χ4n) is 0.931. The maximum absolute atomic E-state index is 11.1. The number of ketones is 1. The Morgan fingerprint density at radius 3 is 2.31 bits per heavy atom. The first-order valence-electron chi connectivity index (χ1n) is 4.00. The number of aliphatic hydroxyl groups excluding tert-OH is 2. The predicted molar refractivity (Wildman–Crippen MR) is 43.9 cm³/mol. The van der Waals surface area contributed by atoms with Crippen LogP contribution in [0, 0.1) is 5.92 Å². The van der Waals surface area contributed by atoms with Gasteiger partial charge in [0.05, 0.1) is 19.3 Å². The van der Waals surface area contributed by atoms with Crippen LogP contribution < -0.4 is 0 Å². The number of Topliss-reactive ketones (excluding diaryl/α,β-unsaturated/α-hetero) is 1. The predicted octanol–water partition coefficient (Wildman–Crippen LogP) is -0.892. The van der Waals surface area contributed by atoms with Gasteiger partial charge in [-0.1, -0.05) is 0 Å². The molecule has 0 spiro atoms. The second kappa shape index (κ2) is 5.66. The van der Waals surface area contributed by atoms with Gasteiger partial charge >= 0.3 is 5.97 Å². The van der Waals surface area contributed by atoms with Gasteiger partial charge in [-0.05, 0) is 13.8 Å². The Balaban J connectivity index is 4.41. The number of carbonyl (C=O) groups excluding carboxylic acids is 2. The van der Waals surface area contributed by atoms with E-state index in [0.29, 0.717) is 0 Å². The summed E-state index contributed by atoms with van der Waals surface area (Å²) in [5.41, 5.74) is 0. The maximum Gasteiger partial charge on any atom is 0.319 e. The van der Waals surface area contributed by atoms with E-state index in [2.05, 4.69) is 4.74 Å². The number of ether oxygens (including phenoxy) is 1. The maximum atomic E-state index is 11.1. The number of rotatable bonds is 5. The molecule has 2 unspecified atom stereocenters. The van der Waals surface area contributed by atoms with Gasteiger partial charge in [-0.2, -0.15) is 0 Å². The second-order valence-electron chi connectivity index (χ2n) is 2.59. The molecule has 0 heterocycles. The van der Waals surface area contributed by atoms with Gasteiger partial charge in [0.2, 0.25) is 0 Å². The van der Waals surface area contributed by atoms with E-state index in [4.69, 9.17) is 10.2 Å². The summed E-state index contributed by atoms with van der Waals surface area (Å²) in [5.74, 6) is -2.58. The third kappa shape index (κ3) is 3.52. The lowest BCUT2D eigenvalue weighted by Crippen LogP contribution is -2.37. The summed E-state index contributed by atoms with van der Waals surface area (Å²) < 4.78 is 4.56. The van der Waals surface area contributed by atoms with Crippen LogP contribution in [0.1, 0.15) is 13.8 Å². The van der Waals surface area contributed by atoms with E-state index >= 15 is 0 Å². The first-order valence-corrected chi connectivity index (χ1v) is 4.00. The van der Waals surface area contributed by atoms with E-state index in [1.807, 2.05) is 0 Å². The molecule has 0 aliphatic carbocycles. The van der Waals surface area contributed by atoms with Crippen molar-refractivity contribution in [3.05, 3.63) is 0 Å². The van der Waals surface area contributed by atoms with Gasteiger partial charge in [0.25, 0.3) is 0 Å². The van der Waals surface area contributed by atoms with Crippen LogP contribution in [0.15, 0.2) is 0 Å². The minimum Gasteiger partial charge on any atom is -0.465 e. The van der Waals surface area contributed by atoms with Gasteiger partial charge in [-0.15, -0.1) is 0 Å². The number of carbonyl (C=O) groups is 2. The van der Waals surface area contributed by atoms with E-state index in [-0.39, 0.29) is 6.61 Å². The molecule has 5 nitrogen and oxygen atoms in total. The molecule has 0 aliphatic rings. The Morgan fingerprint density at radius 1 is 1.46 bits per heavy atom. The molecule has 0 aromatic rings. The molecule has 13 heavy (non-hydrogen) atoms. The van der Waals surface area contributed by atoms with Gasteiger partial charge in [0, 0.05) is 0 Å². The van der Waals surface area contributed by atoms with Crippen molar-refractivity contribution < 1.29 is 24.5 Å². The molecule has 0 amide bonds. The highest BCUT2D eigenvalue weighted by molar-refractivity contribution is 5.98. The van der Waals surface area contributed by atoms with Crippen molar-refractivity contribution in [2.45, 2.75) is 20.0 Å². The van der Waals surface area contributed by atoms with E-state index < -0.39 is 30.4 Å². The van der Waals surface area contributed by atoms with Crippen molar-refractivity contribution in [2.75, 3.05) is 13.2 Å². The Morgan fingerprint density at radius 2 is 2.00 bits per heavy atom. The van der Waals surface area contributed by atoms with Crippen LogP contribution in [-0.2, 0) is 14.3 Å². The van der Waals surface area contributed by atoms with Crippen LogP contribution >= 0.6 is 0 Å².